The molecule has 0 aliphatic heterocycles. The van der Waals surface area contributed by atoms with Crippen molar-refractivity contribution in [3.8, 4) is 0 Å². The van der Waals surface area contributed by atoms with Crippen LogP contribution in [0.4, 0.5) is 33.7 Å². The first-order valence-corrected chi connectivity index (χ1v) is 15.3. The molecule has 0 radical (unpaired) electrons. The van der Waals surface area contributed by atoms with E-state index in [0.29, 0.717) is 29.4 Å². The van der Waals surface area contributed by atoms with Gasteiger partial charge in [0.05, 0.1) is 17.8 Å². The highest BCUT2D eigenvalue weighted by molar-refractivity contribution is 8.00. The Kier molecular flexibility index (Phi) is 13.3. The molecule has 14 heteroatoms. The van der Waals surface area contributed by atoms with E-state index in [0.717, 1.165) is 11.1 Å². The molecule has 8 nitrogen and oxygen atoms in total. The number of hydrogen-bond donors (Lipinski definition) is 2. The number of halogens is 5. The van der Waals surface area contributed by atoms with Gasteiger partial charge in [0.25, 0.3) is 0 Å². The van der Waals surface area contributed by atoms with Crippen LogP contribution in [0.3, 0.4) is 0 Å². The van der Waals surface area contributed by atoms with E-state index < -0.39 is 29.4 Å². The maximum absolute atomic E-state index is 14.2. The summed E-state index contributed by atoms with van der Waals surface area (Å²) in [4.78, 5) is 40.2. The average Bonchev–Trinajstić information content (AvgIpc) is 3.33. The van der Waals surface area contributed by atoms with Gasteiger partial charge in [-0.2, -0.15) is 13.2 Å². The number of rotatable bonds is 12. The minimum Gasteiger partial charge on any atom is -0.465 e. The van der Waals surface area contributed by atoms with Crippen LogP contribution in [-0.2, 0) is 22.4 Å². The summed E-state index contributed by atoms with van der Waals surface area (Å²) in [5.41, 5.74) is -1.33. The number of carbonyl (C=O) groups is 3. The van der Waals surface area contributed by atoms with E-state index in [1.54, 1.807) is 50.2 Å². The van der Waals surface area contributed by atoms with Gasteiger partial charge in [-0.05, 0) is 106 Å². The number of nitrogens with one attached hydrogen (secondary N) is 2. The summed E-state index contributed by atoms with van der Waals surface area (Å²) in [7, 11) is 3.44. The lowest BCUT2D eigenvalue weighted by Gasteiger charge is -2.22. The average molecular weight is 695 g/mol. The number of likely N-dealkylation sites (N-methyl/N-ethyl adjacent to an activating group) is 1. The monoisotopic (exact) mass is 694 g/mol. The van der Waals surface area contributed by atoms with Crippen LogP contribution in [0.1, 0.15) is 35.7 Å². The molecule has 1 unspecified atom stereocenters. The zero-order valence-corrected chi connectivity index (χ0v) is 27.5. The summed E-state index contributed by atoms with van der Waals surface area (Å²) in [5, 5.41) is 5.74. The van der Waals surface area contributed by atoms with Crippen LogP contribution in [0.15, 0.2) is 77.8 Å². The molecular weight excluding hydrogens is 660 g/mol. The summed E-state index contributed by atoms with van der Waals surface area (Å²) >= 11 is -0.148. The fraction of sp³-hybridized carbons (Fsp3) is 0.303. The number of alkyl halides is 3. The van der Waals surface area contributed by atoms with Gasteiger partial charge in [0.1, 0.15) is 11.9 Å². The van der Waals surface area contributed by atoms with Crippen molar-refractivity contribution in [1.82, 2.24) is 9.47 Å². The van der Waals surface area contributed by atoms with Crippen LogP contribution in [0, 0.1) is 5.82 Å². The summed E-state index contributed by atoms with van der Waals surface area (Å²) < 4.78 is 58.2. The van der Waals surface area contributed by atoms with Crippen molar-refractivity contribution >= 4 is 64.4 Å². The van der Waals surface area contributed by atoms with Crippen LogP contribution in [-0.4, -0.2) is 59.6 Å². The number of hydrogen-bond acceptors (Lipinski definition) is 6. The highest BCUT2D eigenvalue weighted by Crippen LogP contribution is 2.36. The van der Waals surface area contributed by atoms with Gasteiger partial charge in [0.2, 0.25) is 5.91 Å². The second-order valence-electron chi connectivity index (χ2n) is 10.7. The van der Waals surface area contributed by atoms with Crippen molar-refractivity contribution in [2.24, 2.45) is 0 Å². The molecule has 4 aromatic rings. The molecule has 1 aromatic heterocycles. The second kappa shape index (κ2) is 16.7. The van der Waals surface area contributed by atoms with E-state index in [9.17, 15) is 31.9 Å². The smallest absolute Gasteiger partial charge is 0.446 e. The van der Waals surface area contributed by atoms with Crippen LogP contribution >= 0.6 is 24.2 Å². The number of anilines is 2. The topological polar surface area (TPSA) is 92.7 Å². The zero-order chi connectivity index (χ0) is 33.4. The van der Waals surface area contributed by atoms with Gasteiger partial charge in [-0.25, -0.2) is 9.18 Å². The van der Waals surface area contributed by atoms with Gasteiger partial charge in [0.15, 0.2) is 0 Å². The second-order valence-corrected chi connectivity index (χ2v) is 11.8. The Morgan fingerprint density at radius 2 is 1.55 bits per heavy atom. The number of ether oxygens (including phenoxy) is 1. The molecule has 4 rings (SSSR count). The molecule has 1 atom stereocenters. The predicted octanol–water partition coefficient (Wildman–Crippen LogP) is 8.16. The number of esters is 1. The number of nitrogens with zero attached hydrogens (tertiary/aromatic N) is 2. The highest BCUT2D eigenvalue weighted by atomic mass is 35.5. The largest absolute Gasteiger partial charge is 0.465 e. The molecule has 0 spiro atoms. The Morgan fingerprint density at radius 3 is 2.13 bits per heavy atom. The lowest BCUT2D eigenvalue weighted by molar-refractivity contribution is -0.148. The van der Waals surface area contributed by atoms with E-state index in [1.165, 1.54) is 41.1 Å². The minimum atomic E-state index is -4.33. The summed E-state index contributed by atoms with van der Waals surface area (Å²) in [6, 6.07) is 16.0. The number of aromatic nitrogens is 1. The van der Waals surface area contributed by atoms with Gasteiger partial charge in [0, 0.05) is 28.6 Å². The number of aryl methyl sites for hydroxylation is 2. The Morgan fingerprint density at radius 1 is 0.936 bits per heavy atom. The summed E-state index contributed by atoms with van der Waals surface area (Å²) in [5.74, 6) is -1.31. The molecule has 2 amide bonds. The van der Waals surface area contributed by atoms with E-state index in [4.69, 9.17) is 4.74 Å². The SMILES string of the molecule is CCOC(=O)C(CCC(=O)n1cc(NC(=O)Nc2ccc(CCc3ccc(SC(F)(F)F)cc3)cc2)c2cc(F)ccc21)N(C)C.Cl. The maximum atomic E-state index is 14.2. The zero-order valence-electron chi connectivity index (χ0n) is 25.9. The molecule has 0 bridgehead atoms. The van der Waals surface area contributed by atoms with Crippen molar-refractivity contribution in [2.75, 3.05) is 31.3 Å². The molecule has 0 aliphatic carbocycles. The predicted molar refractivity (Wildman–Crippen MR) is 178 cm³/mol. The normalized spacial score (nSPS) is 12.0. The van der Waals surface area contributed by atoms with Crippen molar-refractivity contribution in [1.29, 1.82) is 0 Å². The third kappa shape index (κ3) is 10.7. The first-order valence-electron chi connectivity index (χ1n) is 14.5. The number of carbonyl (C=O) groups excluding carboxylic acids is 3. The maximum Gasteiger partial charge on any atom is 0.446 e. The van der Waals surface area contributed by atoms with Gasteiger partial charge < -0.3 is 15.4 Å². The first kappa shape index (κ1) is 37.4. The molecular formula is C33H35ClF4N4O4S. The fourth-order valence-corrected chi connectivity index (χ4v) is 5.44. The van der Waals surface area contributed by atoms with E-state index >= 15 is 0 Å². The number of urea groups is 1. The standard InChI is InChI=1S/C33H34F4N4O4S.ClH/c1-4-45-31(43)29(40(2)3)17-18-30(42)41-20-27(26-19-23(34)11-16-28(26)41)39-32(44)38-24-12-7-21(8-13-24)5-6-22-9-14-25(15-10-22)46-33(35,36)37;/h7-16,19-20,29H,4-6,17-18H2,1-3H3,(H2,38,39,44);1H. The molecule has 3 aromatic carbocycles. The third-order valence-electron chi connectivity index (χ3n) is 7.17. The Labute approximate surface area is 280 Å². The number of amides is 2. The van der Waals surface area contributed by atoms with E-state index in [-0.39, 0.29) is 60.1 Å². The van der Waals surface area contributed by atoms with Crippen LogP contribution in [0.2, 0.25) is 0 Å². The quantitative estimate of drug-likeness (QED) is 0.0884. The van der Waals surface area contributed by atoms with Gasteiger partial charge >= 0.3 is 17.5 Å². The molecule has 0 aliphatic rings. The molecule has 0 fully saturated rings. The van der Waals surface area contributed by atoms with Crippen molar-refractivity contribution in [3.05, 3.63) is 89.9 Å². The number of benzene rings is 3. The Hall–Kier alpha value is -4.07. The van der Waals surface area contributed by atoms with Gasteiger partial charge in [-0.3, -0.25) is 19.1 Å². The molecule has 0 saturated carbocycles. The van der Waals surface area contributed by atoms with Crippen molar-refractivity contribution in [3.63, 3.8) is 0 Å². The van der Waals surface area contributed by atoms with Gasteiger partial charge in [-0.15, -0.1) is 12.4 Å². The van der Waals surface area contributed by atoms with Gasteiger partial charge in [-0.1, -0.05) is 24.3 Å². The molecule has 0 saturated heterocycles. The van der Waals surface area contributed by atoms with Crippen LogP contribution in [0.25, 0.3) is 10.9 Å². The van der Waals surface area contributed by atoms with Crippen molar-refractivity contribution < 1.29 is 36.7 Å². The number of fused-ring (bicyclic) bond motifs is 1. The third-order valence-corrected chi connectivity index (χ3v) is 7.91. The van der Waals surface area contributed by atoms with E-state index in [2.05, 4.69) is 10.6 Å². The van der Waals surface area contributed by atoms with Crippen LogP contribution in [0.5, 0.6) is 0 Å². The molecule has 1 heterocycles. The fourth-order valence-electron chi connectivity index (χ4n) is 4.90. The molecule has 252 valence electrons. The minimum absolute atomic E-state index is 0. The first-order chi connectivity index (χ1) is 21.8. The van der Waals surface area contributed by atoms with E-state index in [1.807, 2.05) is 12.1 Å². The molecule has 2 N–H and O–H groups in total. The lowest BCUT2D eigenvalue weighted by atomic mass is 10.0. The van der Waals surface area contributed by atoms with Crippen molar-refractivity contribution in [2.45, 2.75) is 49.1 Å². The lowest BCUT2D eigenvalue weighted by Crippen LogP contribution is -2.37. The Balaban J connectivity index is 0.00000600. The highest BCUT2D eigenvalue weighted by Gasteiger charge is 2.29. The summed E-state index contributed by atoms with van der Waals surface area (Å²) in [6.45, 7) is 1.93. The molecule has 47 heavy (non-hydrogen) atoms. The summed E-state index contributed by atoms with van der Waals surface area (Å²) in [6.07, 6.45) is 2.91. The number of thioether (sulfide) groups is 1. The Bertz CT molecular complexity index is 1680. The van der Waals surface area contributed by atoms with Crippen LogP contribution < -0.4 is 10.6 Å².